The van der Waals surface area contributed by atoms with Crippen LogP contribution in [0.3, 0.4) is 0 Å². The third-order valence-electron chi connectivity index (χ3n) is 4.85. The van der Waals surface area contributed by atoms with E-state index in [0.29, 0.717) is 6.42 Å². The van der Waals surface area contributed by atoms with Crippen LogP contribution in [0.2, 0.25) is 0 Å². The van der Waals surface area contributed by atoms with Gasteiger partial charge in [0.15, 0.2) is 5.79 Å². The smallest absolute Gasteiger partial charge is 0.411 e. The first-order valence-electron chi connectivity index (χ1n) is 9.50. The summed E-state index contributed by atoms with van der Waals surface area (Å²) in [6.07, 6.45) is 1.14. The maximum Gasteiger partial charge on any atom is 0.411 e. The van der Waals surface area contributed by atoms with Gasteiger partial charge in [-0.1, -0.05) is 6.92 Å². The van der Waals surface area contributed by atoms with Crippen LogP contribution in [-0.2, 0) is 14.2 Å². The van der Waals surface area contributed by atoms with Crippen molar-refractivity contribution in [2.75, 3.05) is 6.54 Å². The van der Waals surface area contributed by atoms with Crippen molar-refractivity contribution in [1.29, 1.82) is 10.5 Å². The fourth-order valence-corrected chi connectivity index (χ4v) is 4.12. The fraction of sp³-hybridized carbons (Fsp3) is 0.750. The molecular weight excluding hydrogens is 360 g/mol. The Balaban J connectivity index is 2.55. The first kappa shape index (κ1) is 22.0. The van der Waals surface area contributed by atoms with E-state index >= 15 is 0 Å². The van der Waals surface area contributed by atoms with Gasteiger partial charge in [-0.25, -0.2) is 4.79 Å². The normalized spacial score (nSPS) is 31.7. The molecule has 154 valence electrons. The van der Waals surface area contributed by atoms with Crippen molar-refractivity contribution in [3.63, 3.8) is 0 Å². The van der Waals surface area contributed by atoms with Crippen molar-refractivity contribution in [2.45, 2.75) is 90.1 Å². The highest BCUT2D eigenvalue weighted by Gasteiger charge is 2.67. The second kappa shape index (κ2) is 7.62. The van der Waals surface area contributed by atoms with E-state index in [9.17, 15) is 10.1 Å². The lowest BCUT2D eigenvalue weighted by Crippen LogP contribution is -2.51. The molecule has 0 radical (unpaired) electrons. The molecule has 0 aromatic carbocycles. The number of nitrogens with zero attached hydrogens (tertiary/aromatic N) is 3. The summed E-state index contributed by atoms with van der Waals surface area (Å²) < 4.78 is 18.0. The topological polar surface area (TPSA) is 108 Å². The van der Waals surface area contributed by atoms with Crippen molar-refractivity contribution < 1.29 is 19.0 Å². The van der Waals surface area contributed by atoms with Gasteiger partial charge >= 0.3 is 6.09 Å². The van der Waals surface area contributed by atoms with E-state index in [1.165, 1.54) is 6.20 Å². The zero-order valence-corrected chi connectivity index (χ0v) is 17.7. The Labute approximate surface area is 167 Å². The number of rotatable bonds is 4. The Morgan fingerprint density at radius 2 is 1.96 bits per heavy atom. The van der Waals surface area contributed by atoms with E-state index in [4.69, 9.17) is 19.5 Å². The van der Waals surface area contributed by atoms with Crippen molar-refractivity contribution in [3.05, 3.63) is 11.8 Å². The van der Waals surface area contributed by atoms with Crippen LogP contribution < -0.4 is 5.32 Å². The molecule has 0 aliphatic carbocycles. The first-order chi connectivity index (χ1) is 12.9. The van der Waals surface area contributed by atoms with E-state index < -0.39 is 35.2 Å². The molecule has 8 nitrogen and oxygen atoms in total. The van der Waals surface area contributed by atoms with Crippen LogP contribution in [0.1, 0.15) is 54.9 Å². The van der Waals surface area contributed by atoms with Gasteiger partial charge in [0.1, 0.15) is 29.9 Å². The highest BCUT2D eigenvalue weighted by atomic mass is 16.8. The monoisotopic (exact) mass is 390 g/mol. The predicted octanol–water partition coefficient (Wildman–Crippen LogP) is 2.82. The van der Waals surface area contributed by atoms with Crippen LogP contribution in [0, 0.1) is 22.7 Å². The zero-order chi connectivity index (χ0) is 21.3. The Hall–Kier alpha value is -2.29. The summed E-state index contributed by atoms with van der Waals surface area (Å²) in [7, 11) is 0. The lowest BCUT2D eigenvalue weighted by atomic mass is 9.88. The second-order valence-corrected chi connectivity index (χ2v) is 8.74. The summed E-state index contributed by atoms with van der Waals surface area (Å²) in [5.41, 5.74) is -1.34. The molecule has 2 aliphatic heterocycles. The molecule has 8 heteroatoms. The highest BCUT2D eigenvalue weighted by molar-refractivity contribution is 5.71. The quantitative estimate of drug-likeness (QED) is 0.447. The molecule has 1 N–H and O–H groups in total. The maximum absolute atomic E-state index is 13.1. The summed E-state index contributed by atoms with van der Waals surface area (Å²) in [5, 5.41) is 21.4. The molecule has 28 heavy (non-hydrogen) atoms. The Kier molecular flexibility index (Phi) is 5.98. The number of ether oxygens (including phenoxy) is 3. The van der Waals surface area contributed by atoms with Crippen LogP contribution in [-0.4, -0.2) is 52.7 Å². The van der Waals surface area contributed by atoms with E-state index in [0.717, 1.165) is 0 Å². The van der Waals surface area contributed by atoms with Crippen LogP contribution in [0.5, 0.6) is 0 Å². The zero-order valence-electron chi connectivity index (χ0n) is 17.7. The minimum Gasteiger partial charge on any atom is -0.444 e. The van der Waals surface area contributed by atoms with E-state index in [1.807, 2.05) is 33.8 Å². The van der Waals surface area contributed by atoms with Crippen LogP contribution >= 0.6 is 0 Å². The molecule has 0 bridgehead atoms. The fourth-order valence-electron chi connectivity index (χ4n) is 4.12. The SMILES string of the molecule is CC[C@@H]1[C@H]2OC(C)(C)O[C@@]2(C)[C@H](/C(C#N)=C/NCC#N)N1C(=O)OC(C)(C)C. The molecule has 0 unspecified atom stereocenters. The Bertz CT molecular complexity index is 728. The van der Waals surface area contributed by atoms with Crippen molar-refractivity contribution in [2.24, 2.45) is 0 Å². The third-order valence-corrected chi connectivity index (χ3v) is 4.85. The Morgan fingerprint density at radius 3 is 2.46 bits per heavy atom. The number of fused-ring (bicyclic) bond motifs is 1. The van der Waals surface area contributed by atoms with Crippen molar-refractivity contribution >= 4 is 6.09 Å². The highest BCUT2D eigenvalue weighted by Crippen LogP contribution is 2.50. The number of hydrogen-bond donors (Lipinski definition) is 1. The molecule has 2 saturated heterocycles. The molecule has 2 fully saturated rings. The number of hydrogen-bond acceptors (Lipinski definition) is 7. The largest absolute Gasteiger partial charge is 0.444 e. The molecule has 0 aromatic rings. The van der Waals surface area contributed by atoms with Crippen LogP contribution in [0.15, 0.2) is 11.8 Å². The van der Waals surface area contributed by atoms with E-state index in [2.05, 4.69) is 11.4 Å². The molecule has 2 aliphatic rings. The van der Waals surface area contributed by atoms with Gasteiger partial charge in [0.2, 0.25) is 0 Å². The van der Waals surface area contributed by atoms with Crippen LogP contribution in [0.25, 0.3) is 0 Å². The number of amides is 1. The van der Waals surface area contributed by atoms with Gasteiger partial charge in [0.05, 0.1) is 23.8 Å². The molecule has 2 heterocycles. The molecule has 1 amide bonds. The van der Waals surface area contributed by atoms with Gasteiger partial charge < -0.3 is 19.5 Å². The van der Waals surface area contributed by atoms with Crippen molar-refractivity contribution in [3.8, 4) is 12.1 Å². The van der Waals surface area contributed by atoms with Gasteiger partial charge in [0, 0.05) is 6.20 Å². The maximum atomic E-state index is 13.1. The number of carbonyl (C=O) groups excluding carboxylic acids is 1. The van der Waals surface area contributed by atoms with Crippen LogP contribution in [0.4, 0.5) is 4.79 Å². The predicted molar refractivity (Wildman–Crippen MR) is 102 cm³/mol. The molecule has 0 saturated carbocycles. The molecular formula is C20H30N4O4. The summed E-state index contributed by atoms with van der Waals surface area (Å²) in [6.45, 7) is 12.9. The summed E-state index contributed by atoms with van der Waals surface area (Å²) in [6, 6.07) is 3.10. The van der Waals surface area contributed by atoms with E-state index in [-0.39, 0.29) is 18.2 Å². The lowest BCUT2D eigenvalue weighted by Gasteiger charge is -2.37. The summed E-state index contributed by atoms with van der Waals surface area (Å²) in [4.78, 5) is 14.7. The van der Waals surface area contributed by atoms with E-state index in [1.54, 1.807) is 25.7 Å². The number of carbonyl (C=O) groups is 1. The standard InChI is InChI=1S/C20H30N4O4/c1-8-14-16-20(7,28-19(5,6)26-16)15(13(11-22)12-23-10-9-21)24(14)17(25)27-18(2,3)4/h12,14-16,23H,8,10H2,1-7H3/b13-12+/t14-,15+,16-,20+/m1/s1. The molecule has 0 aromatic heterocycles. The minimum atomic E-state index is -0.934. The number of nitriles is 2. The van der Waals surface area contributed by atoms with Gasteiger partial charge in [-0.05, 0) is 48.0 Å². The average Bonchev–Trinajstić information content (AvgIpc) is 2.93. The first-order valence-corrected chi connectivity index (χ1v) is 9.50. The lowest BCUT2D eigenvalue weighted by molar-refractivity contribution is -0.179. The second-order valence-electron chi connectivity index (χ2n) is 8.74. The number of likely N-dealkylation sites (tertiary alicyclic amines) is 1. The van der Waals surface area contributed by atoms with Gasteiger partial charge in [0.25, 0.3) is 0 Å². The van der Waals surface area contributed by atoms with Gasteiger partial charge in [-0.15, -0.1) is 0 Å². The van der Waals surface area contributed by atoms with Gasteiger partial charge in [-0.2, -0.15) is 10.5 Å². The minimum absolute atomic E-state index is 0.0462. The van der Waals surface area contributed by atoms with Gasteiger partial charge in [-0.3, -0.25) is 4.90 Å². The third kappa shape index (κ3) is 4.09. The summed E-state index contributed by atoms with van der Waals surface area (Å²) in [5.74, 6) is -0.842. The Morgan fingerprint density at radius 1 is 1.32 bits per heavy atom. The molecule has 4 atom stereocenters. The van der Waals surface area contributed by atoms with Crippen molar-refractivity contribution in [1.82, 2.24) is 10.2 Å². The summed E-state index contributed by atoms with van der Waals surface area (Å²) >= 11 is 0. The molecule has 0 spiro atoms. The molecule has 2 rings (SSSR count). The average molecular weight is 390 g/mol. The number of nitrogens with one attached hydrogen (secondary N) is 1.